The molecule has 0 saturated carbocycles. The molecule has 0 aliphatic rings. The van der Waals surface area contributed by atoms with Crippen LogP contribution in [-0.4, -0.2) is 81.5 Å². The van der Waals surface area contributed by atoms with E-state index in [1.807, 2.05) is 21.1 Å². The second-order valence-corrected chi connectivity index (χ2v) is 6.04. The molecule has 2 amide bonds. The lowest BCUT2D eigenvalue weighted by Gasteiger charge is -2.23. The first-order valence-corrected chi connectivity index (χ1v) is 6.80. The van der Waals surface area contributed by atoms with Crippen LogP contribution in [0.15, 0.2) is 18.2 Å². The first-order chi connectivity index (χ1) is 10.7. The maximum Gasteiger partial charge on any atom is 0.139 e. The number of rotatable bonds is 1. The number of quaternary nitrogens is 1. The molecule has 146 valence electrons. The Bertz CT molecular complexity index is 506. The van der Waals surface area contributed by atoms with Crippen molar-refractivity contribution >= 4 is 17.9 Å². The van der Waals surface area contributed by atoms with Gasteiger partial charge in [-0.25, -0.2) is 0 Å². The highest BCUT2D eigenvalue weighted by molar-refractivity contribution is 5.61. The average molecular weight is 424 g/mol. The molecular weight excluding hydrogens is 398 g/mol. The van der Waals surface area contributed by atoms with E-state index in [0.717, 1.165) is 15.5 Å². The summed E-state index contributed by atoms with van der Waals surface area (Å²) in [4.78, 5) is 21.0. The Morgan fingerprint density at radius 1 is 0.840 bits per heavy atom. The second kappa shape index (κ2) is 12.2. The molecule has 0 aromatic heterocycles. The van der Waals surface area contributed by atoms with E-state index in [1.54, 1.807) is 12.1 Å². The van der Waals surface area contributed by atoms with E-state index in [1.165, 1.54) is 34.3 Å². The van der Waals surface area contributed by atoms with Crippen molar-refractivity contribution < 1.29 is 47.0 Å². The Hall–Kier alpha value is -2.20. The number of halogens is 1. The van der Waals surface area contributed by atoms with E-state index in [9.17, 15) is 30.0 Å². The number of phenols is 2. The molecule has 1 aromatic carbocycles. The van der Waals surface area contributed by atoms with Crippen molar-refractivity contribution in [3.8, 4) is 11.5 Å². The Balaban J connectivity index is -0.000000319. The minimum Gasteiger partial charge on any atom is -1.00 e. The van der Waals surface area contributed by atoms with E-state index in [4.69, 9.17) is 0 Å². The fourth-order valence-corrected chi connectivity index (χ4v) is 0.967. The number of carbonyl (C=O) groups excluding carboxylic acids is 2. The predicted molar refractivity (Wildman–Crippen MR) is 87.5 cm³/mol. The smallest absolute Gasteiger partial charge is 0.139 e. The fourth-order valence-electron chi connectivity index (χ4n) is 0.967. The summed E-state index contributed by atoms with van der Waals surface area (Å²) in [7, 11) is 11.5. The molecule has 1 rings (SSSR count). The standard InChI is InChI=1S/C9H13NO2.2C3H7NO2.BrH/c1-10(2,3)7-4-8(11)6-9(12)5-7;2*1-4(2)3(5)6;/h4-6H,1-3H3,(H-,11,12);2*1-2H3,(H,5,6);1H/p-2. The van der Waals surface area contributed by atoms with Crippen molar-refractivity contribution in [3.05, 3.63) is 18.2 Å². The maximum absolute atomic E-state index is 9.51. The Morgan fingerprint density at radius 3 is 1.24 bits per heavy atom. The van der Waals surface area contributed by atoms with Crippen molar-refractivity contribution in [1.29, 1.82) is 0 Å². The van der Waals surface area contributed by atoms with Crippen molar-refractivity contribution in [2.75, 3.05) is 49.3 Å². The van der Waals surface area contributed by atoms with Crippen LogP contribution in [0.2, 0.25) is 0 Å². The van der Waals surface area contributed by atoms with Gasteiger partial charge in [0.1, 0.15) is 29.4 Å². The number of nitrogens with zero attached hydrogens (tertiary/aromatic N) is 3. The highest BCUT2D eigenvalue weighted by Crippen LogP contribution is 2.27. The molecule has 0 aliphatic carbocycles. The van der Waals surface area contributed by atoms with Gasteiger partial charge in [-0.05, 0) is 0 Å². The molecule has 0 heterocycles. The molecule has 0 fully saturated rings. The summed E-state index contributed by atoms with van der Waals surface area (Å²) in [6.45, 7) is 0. The molecule has 0 bridgehead atoms. The van der Waals surface area contributed by atoms with Gasteiger partial charge in [0.05, 0.1) is 21.1 Å². The zero-order valence-electron chi connectivity index (χ0n) is 15.5. The van der Waals surface area contributed by atoms with E-state index < -0.39 is 12.2 Å². The molecule has 0 saturated heterocycles. The second-order valence-electron chi connectivity index (χ2n) is 6.04. The minimum absolute atomic E-state index is 0. The molecule has 0 atom stereocenters. The Morgan fingerprint density at radius 2 is 1.08 bits per heavy atom. The third-order valence-electron chi connectivity index (χ3n) is 2.39. The number of carbonyl (C=O) groups is 2. The number of aromatic hydroxyl groups is 2. The van der Waals surface area contributed by atoms with Gasteiger partial charge in [0.2, 0.25) is 0 Å². The molecule has 2 N–H and O–H groups in total. The van der Waals surface area contributed by atoms with Gasteiger partial charge in [-0.2, -0.15) is 0 Å². The third kappa shape index (κ3) is 15.1. The van der Waals surface area contributed by atoms with Gasteiger partial charge in [-0.3, -0.25) is 4.48 Å². The summed E-state index contributed by atoms with van der Waals surface area (Å²) in [5.41, 5.74) is 0.868. The maximum atomic E-state index is 9.51. The van der Waals surface area contributed by atoms with Crippen LogP contribution in [-0.2, 0) is 0 Å². The third-order valence-corrected chi connectivity index (χ3v) is 2.39. The van der Waals surface area contributed by atoms with Crippen molar-refractivity contribution in [1.82, 2.24) is 14.3 Å². The number of carboxylic acid groups (broad SMARTS) is 2. The van der Waals surface area contributed by atoms with Crippen molar-refractivity contribution in [3.63, 3.8) is 0 Å². The van der Waals surface area contributed by atoms with Crippen LogP contribution >= 0.6 is 0 Å². The zero-order chi connectivity index (χ0) is 19.7. The normalized spacial score (nSPS) is 9.24. The highest BCUT2D eigenvalue weighted by atomic mass is 79.9. The predicted octanol–water partition coefficient (Wildman–Crippen LogP) is -3.92. The van der Waals surface area contributed by atoms with Gasteiger partial charge in [0.25, 0.3) is 0 Å². The largest absolute Gasteiger partial charge is 1.00 e. The lowest BCUT2D eigenvalue weighted by molar-refractivity contribution is -0.263. The average Bonchev–Trinajstić information content (AvgIpc) is 2.37. The highest BCUT2D eigenvalue weighted by Gasteiger charge is 2.13. The molecule has 0 aliphatic heterocycles. The topological polar surface area (TPSA) is 127 Å². The fraction of sp³-hybridized carbons (Fsp3) is 0.467. The Kier molecular flexibility index (Phi) is 13.5. The van der Waals surface area contributed by atoms with Crippen LogP contribution in [0.1, 0.15) is 0 Å². The monoisotopic (exact) mass is 423 g/mol. The molecule has 1 aromatic rings. The summed E-state index contributed by atoms with van der Waals surface area (Å²) >= 11 is 0. The van der Waals surface area contributed by atoms with Gasteiger partial charge in [0, 0.05) is 46.4 Å². The first-order valence-electron chi connectivity index (χ1n) is 6.80. The van der Waals surface area contributed by atoms with Gasteiger partial charge in [-0.1, -0.05) is 0 Å². The number of benzene rings is 1. The van der Waals surface area contributed by atoms with Crippen LogP contribution in [0, 0.1) is 0 Å². The van der Waals surface area contributed by atoms with Crippen LogP contribution in [0.4, 0.5) is 15.3 Å². The van der Waals surface area contributed by atoms with E-state index in [2.05, 4.69) is 0 Å². The van der Waals surface area contributed by atoms with Crippen molar-refractivity contribution in [2.24, 2.45) is 0 Å². The SMILES string of the molecule is CN(C)C(=O)[O-].CN(C)C(=O)[O-].C[N+](C)(C)c1cc(O)cc(O)c1.[Br-]. The van der Waals surface area contributed by atoms with E-state index in [0.29, 0.717) is 4.48 Å². The summed E-state index contributed by atoms with van der Waals surface area (Å²) in [5, 5.41) is 37.4. The van der Waals surface area contributed by atoms with E-state index in [-0.39, 0.29) is 28.5 Å². The number of amides is 2. The van der Waals surface area contributed by atoms with Crippen LogP contribution in [0.3, 0.4) is 0 Å². The van der Waals surface area contributed by atoms with Crippen LogP contribution in [0.25, 0.3) is 0 Å². The lowest BCUT2D eigenvalue weighted by Crippen LogP contribution is -3.00. The summed E-state index contributed by atoms with van der Waals surface area (Å²) in [6.07, 6.45) is -2.31. The number of hydrogen-bond donors (Lipinski definition) is 2. The van der Waals surface area contributed by atoms with Gasteiger partial charge >= 0.3 is 0 Å². The molecule has 0 radical (unpaired) electrons. The lowest BCUT2D eigenvalue weighted by atomic mass is 10.2. The molecule has 10 heteroatoms. The summed E-state index contributed by atoms with van der Waals surface area (Å²) < 4.78 is 0.571. The van der Waals surface area contributed by atoms with Gasteiger partial charge < -0.3 is 56.8 Å². The quantitative estimate of drug-likeness (QED) is 0.444. The van der Waals surface area contributed by atoms with Crippen LogP contribution in [0.5, 0.6) is 11.5 Å². The van der Waals surface area contributed by atoms with Crippen molar-refractivity contribution in [2.45, 2.75) is 0 Å². The number of hydrogen-bond acceptors (Lipinski definition) is 6. The molecule has 25 heavy (non-hydrogen) atoms. The van der Waals surface area contributed by atoms with Gasteiger partial charge in [0.15, 0.2) is 0 Å². The molecule has 9 nitrogen and oxygen atoms in total. The van der Waals surface area contributed by atoms with E-state index >= 15 is 0 Å². The van der Waals surface area contributed by atoms with Gasteiger partial charge in [-0.15, -0.1) is 0 Å². The number of phenolic OH excluding ortho intramolecular Hbond substituents is 2. The molecular formula is C15H26BrN3O6-2. The Labute approximate surface area is 158 Å². The summed E-state index contributed by atoms with van der Waals surface area (Å²) in [5.74, 6) is 0.191. The summed E-state index contributed by atoms with van der Waals surface area (Å²) in [6, 6.07) is 4.60. The minimum atomic E-state index is -1.16. The molecule has 0 spiro atoms. The first kappa shape index (κ1) is 27.6. The molecule has 0 unspecified atom stereocenters. The zero-order valence-corrected chi connectivity index (χ0v) is 17.1. The van der Waals surface area contributed by atoms with Crippen LogP contribution < -0.4 is 31.7 Å².